The average molecular weight is 409 g/mol. The number of benzene rings is 1. The number of hydrogen-bond acceptors (Lipinski definition) is 4. The van der Waals surface area contributed by atoms with Crippen LogP contribution in [-0.4, -0.2) is 67.6 Å². The van der Waals surface area contributed by atoms with Crippen molar-refractivity contribution in [3.8, 4) is 0 Å². The second kappa shape index (κ2) is 11.8. The Labute approximate surface area is 179 Å². The Morgan fingerprint density at radius 2 is 1.80 bits per heavy atom. The number of aromatic nitrogens is 1. The lowest BCUT2D eigenvalue weighted by Crippen LogP contribution is -2.49. The number of aliphatic imine (C=N–C) groups is 1. The van der Waals surface area contributed by atoms with Crippen LogP contribution in [0, 0.1) is 0 Å². The molecule has 7 nitrogen and oxygen atoms in total. The molecule has 1 aromatic heterocycles. The van der Waals surface area contributed by atoms with E-state index in [4.69, 9.17) is 0 Å². The Bertz CT molecular complexity index is 788. The van der Waals surface area contributed by atoms with Gasteiger partial charge in [-0.1, -0.05) is 24.3 Å². The van der Waals surface area contributed by atoms with Gasteiger partial charge in [0.15, 0.2) is 5.96 Å². The largest absolute Gasteiger partial charge is 0.368 e. The molecule has 1 aliphatic heterocycles. The molecule has 2 aromatic rings. The van der Waals surface area contributed by atoms with Gasteiger partial charge in [0.1, 0.15) is 0 Å². The van der Waals surface area contributed by atoms with E-state index in [-0.39, 0.29) is 5.91 Å². The molecule has 0 spiro atoms. The van der Waals surface area contributed by atoms with Gasteiger partial charge in [-0.15, -0.1) is 0 Å². The number of amides is 1. The molecule has 160 valence electrons. The van der Waals surface area contributed by atoms with Gasteiger partial charge in [-0.25, -0.2) is 0 Å². The van der Waals surface area contributed by atoms with Crippen molar-refractivity contribution in [1.82, 2.24) is 20.5 Å². The van der Waals surface area contributed by atoms with Gasteiger partial charge in [-0.2, -0.15) is 0 Å². The summed E-state index contributed by atoms with van der Waals surface area (Å²) >= 11 is 0. The van der Waals surface area contributed by atoms with E-state index in [1.807, 2.05) is 36.1 Å². The summed E-state index contributed by atoms with van der Waals surface area (Å²) in [5.41, 5.74) is 2.27. The third kappa shape index (κ3) is 6.76. The molecule has 30 heavy (non-hydrogen) atoms. The molecule has 1 aromatic carbocycles. The summed E-state index contributed by atoms with van der Waals surface area (Å²) in [6, 6.07) is 16.3. The van der Waals surface area contributed by atoms with E-state index in [1.54, 1.807) is 6.20 Å². The van der Waals surface area contributed by atoms with Crippen LogP contribution in [0.2, 0.25) is 0 Å². The van der Waals surface area contributed by atoms with Crippen molar-refractivity contribution >= 4 is 17.6 Å². The molecular weight excluding hydrogens is 376 g/mol. The van der Waals surface area contributed by atoms with Crippen LogP contribution in [0.25, 0.3) is 0 Å². The SMILES string of the molecule is CCNC(=NCCC(=O)N1CCN(c2ccccc2)CC1)NCCc1ccccn1. The van der Waals surface area contributed by atoms with Gasteiger partial charge < -0.3 is 20.4 Å². The van der Waals surface area contributed by atoms with Crippen molar-refractivity contribution < 1.29 is 4.79 Å². The second-order valence-corrected chi connectivity index (χ2v) is 7.21. The quantitative estimate of drug-likeness (QED) is 0.516. The fraction of sp³-hybridized carbons (Fsp3) is 0.435. The summed E-state index contributed by atoms with van der Waals surface area (Å²) in [6.45, 7) is 7.32. The fourth-order valence-electron chi connectivity index (χ4n) is 3.47. The van der Waals surface area contributed by atoms with Gasteiger partial charge in [-0.05, 0) is 31.2 Å². The maximum atomic E-state index is 12.6. The van der Waals surface area contributed by atoms with Crippen molar-refractivity contribution in [3.05, 3.63) is 60.4 Å². The first-order valence-corrected chi connectivity index (χ1v) is 10.8. The highest BCUT2D eigenvalue weighted by Gasteiger charge is 2.20. The first-order chi connectivity index (χ1) is 14.8. The summed E-state index contributed by atoms with van der Waals surface area (Å²) in [5, 5.41) is 6.55. The molecule has 0 bridgehead atoms. The molecule has 3 rings (SSSR count). The minimum atomic E-state index is 0.177. The van der Waals surface area contributed by atoms with Crippen molar-refractivity contribution in [2.75, 3.05) is 50.7 Å². The molecule has 1 saturated heterocycles. The summed E-state index contributed by atoms with van der Waals surface area (Å²) < 4.78 is 0. The predicted octanol–water partition coefficient (Wildman–Crippen LogP) is 1.92. The molecule has 1 fully saturated rings. The number of pyridine rings is 1. The van der Waals surface area contributed by atoms with E-state index in [2.05, 4.69) is 49.8 Å². The van der Waals surface area contributed by atoms with Crippen LogP contribution >= 0.6 is 0 Å². The zero-order valence-electron chi connectivity index (χ0n) is 17.8. The van der Waals surface area contributed by atoms with Gasteiger partial charge in [0.2, 0.25) is 5.91 Å². The summed E-state index contributed by atoms with van der Waals surface area (Å²) in [4.78, 5) is 25.7. The first-order valence-electron chi connectivity index (χ1n) is 10.8. The van der Waals surface area contributed by atoms with Crippen LogP contribution in [0.15, 0.2) is 59.7 Å². The van der Waals surface area contributed by atoms with Crippen LogP contribution in [0.5, 0.6) is 0 Å². The highest BCUT2D eigenvalue weighted by molar-refractivity contribution is 5.81. The van der Waals surface area contributed by atoms with E-state index in [1.165, 1.54) is 5.69 Å². The molecule has 1 aliphatic rings. The van der Waals surface area contributed by atoms with Gasteiger partial charge in [0, 0.05) is 69.7 Å². The number of para-hydroxylation sites is 1. The summed E-state index contributed by atoms with van der Waals surface area (Å²) in [5.74, 6) is 0.922. The van der Waals surface area contributed by atoms with Gasteiger partial charge in [0.05, 0.1) is 6.54 Å². The number of carbonyl (C=O) groups excluding carboxylic acids is 1. The van der Waals surface area contributed by atoms with Crippen LogP contribution in [0.1, 0.15) is 19.0 Å². The van der Waals surface area contributed by atoms with Gasteiger partial charge in [-0.3, -0.25) is 14.8 Å². The molecule has 2 heterocycles. The lowest BCUT2D eigenvalue weighted by atomic mass is 10.2. The monoisotopic (exact) mass is 408 g/mol. The normalized spacial score (nSPS) is 14.5. The van der Waals surface area contributed by atoms with E-state index >= 15 is 0 Å². The van der Waals surface area contributed by atoms with E-state index in [0.29, 0.717) is 13.0 Å². The standard InChI is InChI=1S/C23H32N6O/c1-2-24-23(26-14-11-20-8-6-7-13-25-20)27-15-12-22(30)29-18-16-28(17-19-29)21-9-4-3-5-10-21/h3-10,13H,2,11-12,14-19H2,1H3,(H2,24,26,27). The summed E-state index contributed by atoms with van der Waals surface area (Å²) in [6.07, 6.45) is 3.07. The fourth-order valence-corrected chi connectivity index (χ4v) is 3.47. The topological polar surface area (TPSA) is 72.9 Å². The number of hydrogen-bond donors (Lipinski definition) is 2. The average Bonchev–Trinajstić information content (AvgIpc) is 2.80. The Balaban J connectivity index is 1.39. The molecule has 0 atom stereocenters. The predicted molar refractivity (Wildman–Crippen MR) is 122 cm³/mol. The van der Waals surface area contributed by atoms with Crippen LogP contribution < -0.4 is 15.5 Å². The number of piperazine rings is 1. The van der Waals surface area contributed by atoms with Crippen molar-refractivity contribution in [1.29, 1.82) is 0 Å². The Hall–Kier alpha value is -3.09. The molecule has 1 amide bonds. The Kier molecular flexibility index (Phi) is 8.50. The van der Waals surface area contributed by atoms with Crippen molar-refractivity contribution in [2.45, 2.75) is 19.8 Å². The molecule has 0 unspecified atom stereocenters. The maximum Gasteiger partial charge on any atom is 0.224 e. The van der Waals surface area contributed by atoms with E-state index < -0.39 is 0 Å². The minimum absolute atomic E-state index is 0.177. The Morgan fingerprint density at radius 1 is 1.03 bits per heavy atom. The van der Waals surface area contributed by atoms with Crippen LogP contribution in [0.4, 0.5) is 5.69 Å². The lowest BCUT2D eigenvalue weighted by molar-refractivity contribution is -0.131. The Morgan fingerprint density at radius 3 is 2.50 bits per heavy atom. The lowest BCUT2D eigenvalue weighted by Gasteiger charge is -2.36. The second-order valence-electron chi connectivity index (χ2n) is 7.21. The third-order valence-electron chi connectivity index (χ3n) is 5.09. The van der Waals surface area contributed by atoms with Crippen LogP contribution in [0.3, 0.4) is 0 Å². The molecule has 2 N–H and O–H groups in total. The number of anilines is 1. The van der Waals surface area contributed by atoms with E-state index in [9.17, 15) is 4.79 Å². The smallest absolute Gasteiger partial charge is 0.224 e. The van der Waals surface area contributed by atoms with E-state index in [0.717, 1.165) is 57.3 Å². The zero-order valence-corrected chi connectivity index (χ0v) is 17.8. The van der Waals surface area contributed by atoms with Crippen LogP contribution in [-0.2, 0) is 11.2 Å². The number of nitrogens with one attached hydrogen (secondary N) is 2. The first kappa shape index (κ1) is 21.6. The maximum absolute atomic E-state index is 12.6. The molecule has 0 aliphatic carbocycles. The number of rotatable bonds is 8. The van der Waals surface area contributed by atoms with Gasteiger partial charge in [0.25, 0.3) is 0 Å². The highest BCUT2D eigenvalue weighted by atomic mass is 16.2. The molecular formula is C23H32N6O. The summed E-state index contributed by atoms with van der Waals surface area (Å²) in [7, 11) is 0. The highest BCUT2D eigenvalue weighted by Crippen LogP contribution is 2.15. The minimum Gasteiger partial charge on any atom is -0.368 e. The van der Waals surface area contributed by atoms with Gasteiger partial charge >= 0.3 is 0 Å². The zero-order chi connectivity index (χ0) is 21.0. The molecule has 0 radical (unpaired) electrons. The molecule has 0 saturated carbocycles. The number of carbonyl (C=O) groups is 1. The third-order valence-corrected chi connectivity index (χ3v) is 5.09. The van der Waals surface area contributed by atoms with Crippen molar-refractivity contribution in [2.24, 2.45) is 4.99 Å². The van der Waals surface area contributed by atoms with Crippen molar-refractivity contribution in [3.63, 3.8) is 0 Å². The number of guanidine groups is 1. The molecule has 7 heteroatoms. The number of nitrogens with zero attached hydrogens (tertiary/aromatic N) is 4.